The summed E-state index contributed by atoms with van der Waals surface area (Å²) in [6.45, 7) is 2.81. The molecule has 0 aliphatic rings. The molecule has 0 saturated carbocycles. The monoisotopic (exact) mass is 192 g/mol. The standard InChI is InChI=1S/C9H20O4/c1-7(11)5-8(12)3-4-9(2,13)6-10/h7-8,10-13H,3-6H2,1-2H3. The fourth-order valence-corrected chi connectivity index (χ4v) is 1.07. The van der Waals surface area contributed by atoms with Crippen molar-refractivity contribution in [2.75, 3.05) is 6.61 Å². The van der Waals surface area contributed by atoms with Crippen molar-refractivity contribution in [3.63, 3.8) is 0 Å². The van der Waals surface area contributed by atoms with E-state index in [-0.39, 0.29) is 6.61 Å². The molecule has 0 aromatic rings. The third-order valence-electron chi connectivity index (χ3n) is 1.97. The molecule has 3 unspecified atom stereocenters. The summed E-state index contributed by atoms with van der Waals surface area (Å²) in [5.41, 5.74) is -1.13. The first-order valence-corrected chi connectivity index (χ1v) is 4.57. The lowest BCUT2D eigenvalue weighted by atomic mass is 9.97. The molecule has 0 bridgehead atoms. The van der Waals surface area contributed by atoms with Gasteiger partial charge in [-0.1, -0.05) is 0 Å². The Bertz CT molecular complexity index is 134. The molecule has 0 aromatic heterocycles. The first kappa shape index (κ1) is 12.8. The van der Waals surface area contributed by atoms with Crippen LogP contribution in [0.5, 0.6) is 0 Å². The number of rotatable bonds is 6. The Hall–Kier alpha value is -0.160. The lowest BCUT2D eigenvalue weighted by Crippen LogP contribution is -2.30. The molecule has 4 nitrogen and oxygen atoms in total. The zero-order chi connectivity index (χ0) is 10.5. The van der Waals surface area contributed by atoms with Crippen molar-refractivity contribution in [1.82, 2.24) is 0 Å². The van der Waals surface area contributed by atoms with Crippen molar-refractivity contribution in [1.29, 1.82) is 0 Å². The lowest BCUT2D eigenvalue weighted by molar-refractivity contribution is -0.0193. The van der Waals surface area contributed by atoms with Crippen LogP contribution >= 0.6 is 0 Å². The maximum Gasteiger partial charge on any atom is 0.0850 e. The van der Waals surface area contributed by atoms with Crippen molar-refractivity contribution in [3.05, 3.63) is 0 Å². The average molecular weight is 192 g/mol. The molecule has 0 fully saturated rings. The predicted octanol–water partition coefficient (Wildman–Crippen LogP) is -0.358. The highest BCUT2D eigenvalue weighted by Gasteiger charge is 2.20. The second-order valence-corrected chi connectivity index (χ2v) is 3.93. The van der Waals surface area contributed by atoms with Gasteiger partial charge in [0, 0.05) is 0 Å². The number of hydrogen-bond donors (Lipinski definition) is 4. The van der Waals surface area contributed by atoms with Gasteiger partial charge in [0.1, 0.15) is 0 Å². The van der Waals surface area contributed by atoms with Gasteiger partial charge < -0.3 is 20.4 Å². The summed E-state index contributed by atoms with van der Waals surface area (Å²) in [6, 6.07) is 0. The average Bonchev–Trinajstić information content (AvgIpc) is 2.00. The van der Waals surface area contributed by atoms with E-state index in [1.165, 1.54) is 6.92 Å². The molecule has 80 valence electrons. The molecule has 0 rings (SSSR count). The Balaban J connectivity index is 3.63. The van der Waals surface area contributed by atoms with Crippen LogP contribution in [0.15, 0.2) is 0 Å². The van der Waals surface area contributed by atoms with Crippen LogP contribution < -0.4 is 0 Å². The minimum absolute atomic E-state index is 0.307. The fraction of sp³-hybridized carbons (Fsp3) is 1.00. The lowest BCUT2D eigenvalue weighted by Gasteiger charge is -2.22. The van der Waals surface area contributed by atoms with Crippen LogP contribution in [0.3, 0.4) is 0 Å². The smallest absolute Gasteiger partial charge is 0.0850 e. The van der Waals surface area contributed by atoms with E-state index >= 15 is 0 Å². The number of hydrogen-bond acceptors (Lipinski definition) is 4. The summed E-state index contributed by atoms with van der Waals surface area (Å²) in [5.74, 6) is 0. The van der Waals surface area contributed by atoms with E-state index in [0.717, 1.165) is 0 Å². The van der Waals surface area contributed by atoms with Crippen molar-refractivity contribution < 1.29 is 20.4 Å². The van der Waals surface area contributed by atoms with E-state index in [4.69, 9.17) is 10.2 Å². The molecule has 0 aliphatic heterocycles. The van der Waals surface area contributed by atoms with E-state index in [1.54, 1.807) is 6.92 Å². The molecule has 0 spiro atoms. The Labute approximate surface area is 78.8 Å². The molecule has 0 aliphatic carbocycles. The third kappa shape index (κ3) is 6.95. The number of aliphatic hydroxyl groups excluding tert-OH is 3. The Morgan fingerprint density at radius 1 is 1.31 bits per heavy atom. The van der Waals surface area contributed by atoms with Crippen molar-refractivity contribution in [2.45, 2.75) is 50.9 Å². The molecule has 0 radical (unpaired) electrons. The van der Waals surface area contributed by atoms with E-state index in [1.807, 2.05) is 0 Å². The van der Waals surface area contributed by atoms with Gasteiger partial charge in [0.15, 0.2) is 0 Å². The second kappa shape index (κ2) is 5.54. The van der Waals surface area contributed by atoms with Gasteiger partial charge in [-0.25, -0.2) is 0 Å². The van der Waals surface area contributed by atoms with Crippen LogP contribution in [0.25, 0.3) is 0 Å². The highest BCUT2D eigenvalue weighted by Crippen LogP contribution is 2.14. The van der Waals surface area contributed by atoms with Gasteiger partial charge in [-0.3, -0.25) is 0 Å². The largest absolute Gasteiger partial charge is 0.393 e. The van der Waals surface area contributed by atoms with E-state index in [2.05, 4.69) is 0 Å². The molecule has 0 saturated heterocycles. The predicted molar refractivity (Wildman–Crippen MR) is 49.2 cm³/mol. The van der Waals surface area contributed by atoms with Gasteiger partial charge in [0.05, 0.1) is 24.4 Å². The molecule has 0 aromatic carbocycles. The van der Waals surface area contributed by atoms with Gasteiger partial charge >= 0.3 is 0 Å². The van der Waals surface area contributed by atoms with E-state index < -0.39 is 17.8 Å². The maximum absolute atomic E-state index is 9.38. The molecule has 0 heterocycles. The summed E-state index contributed by atoms with van der Waals surface area (Å²) < 4.78 is 0. The summed E-state index contributed by atoms with van der Waals surface area (Å²) in [6.07, 6.45) is -0.121. The van der Waals surface area contributed by atoms with Gasteiger partial charge in [0.25, 0.3) is 0 Å². The van der Waals surface area contributed by atoms with Crippen LogP contribution in [0, 0.1) is 0 Å². The summed E-state index contributed by atoms with van der Waals surface area (Å²) in [5, 5.41) is 36.4. The molecule has 13 heavy (non-hydrogen) atoms. The summed E-state index contributed by atoms with van der Waals surface area (Å²) in [7, 11) is 0. The van der Waals surface area contributed by atoms with Crippen LogP contribution in [-0.2, 0) is 0 Å². The minimum Gasteiger partial charge on any atom is -0.393 e. The fourth-order valence-electron chi connectivity index (χ4n) is 1.07. The van der Waals surface area contributed by atoms with E-state index in [0.29, 0.717) is 19.3 Å². The van der Waals surface area contributed by atoms with Crippen LogP contribution in [-0.4, -0.2) is 44.8 Å². The molecule has 4 N–H and O–H groups in total. The maximum atomic E-state index is 9.38. The van der Waals surface area contributed by atoms with Gasteiger partial charge in [-0.05, 0) is 33.1 Å². The second-order valence-electron chi connectivity index (χ2n) is 3.93. The molecule has 3 atom stereocenters. The zero-order valence-electron chi connectivity index (χ0n) is 8.27. The molecule has 4 heteroatoms. The van der Waals surface area contributed by atoms with Crippen molar-refractivity contribution in [2.24, 2.45) is 0 Å². The summed E-state index contributed by atoms with van der Waals surface area (Å²) in [4.78, 5) is 0. The van der Waals surface area contributed by atoms with Crippen molar-refractivity contribution in [3.8, 4) is 0 Å². The normalized spacial score (nSPS) is 20.8. The molecular formula is C9H20O4. The van der Waals surface area contributed by atoms with E-state index in [9.17, 15) is 10.2 Å². The van der Waals surface area contributed by atoms with Gasteiger partial charge in [-0.15, -0.1) is 0 Å². The van der Waals surface area contributed by atoms with Crippen LogP contribution in [0.1, 0.15) is 33.1 Å². The Morgan fingerprint density at radius 3 is 2.23 bits per heavy atom. The van der Waals surface area contributed by atoms with Crippen LogP contribution in [0.4, 0.5) is 0 Å². The Morgan fingerprint density at radius 2 is 1.85 bits per heavy atom. The van der Waals surface area contributed by atoms with Crippen LogP contribution in [0.2, 0.25) is 0 Å². The van der Waals surface area contributed by atoms with Crippen molar-refractivity contribution >= 4 is 0 Å². The quantitative estimate of drug-likeness (QED) is 0.463. The highest BCUT2D eigenvalue weighted by molar-refractivity contribution is 4.73. The van der Waals surface area contributed by atoms with Gasteiger partial charge in [0.2, 0.25) is 0 Å². The molecule has 0 amide bonds. The zero-order valence-corrected chi connectivity index (χ0v) is 8.27. The highest BCUT2D eigenvalue weighted by atomic mass is 16.3. The molecular weight excluding hydrogens is 172 g/mol. The first-order valence-electron chi connectivity index (χ1n) is 4.57. The number of aliphatic hydroxyl groups is 4. The van der Waals surface area contributed by atoms with Gasteiger partial charge in [-0.2, -0.15) is 0 Å². The first-order chi connectivity index (χ1) is 5.87. The topological polar surface area (TPSA) is 80.9 Å². The minimum atomic E-state index is -1.13. The SMILES string of the molecule is CC(O)CC(O)CCC(C)(O)CO. The Kier molecular flexibility index (Phi) is 5.48. The third-order valence-corrected chi connectivity index (χ3v) is 1.97. The summed E-state index contributed by atoms with van der Waals surface area (Å²) >= 11 is 0.